The van der Waals surface area contributed by atoms with Gasteiger partial charge in [-0.15, -0.1) is 0 Å². The molecule has 0 saturated heterocycles. The fourth-order valence-electron chi connectivity index (χ4n) is 2.90. The van der Waals surface area contributed by atoms with Gasteiger partial charge in [0.05, 0.1) is 19.1 Å². The van der Waals surface area contributed by atoms with E-state index in [0.717, 1.165) is 9.77 Å². The summed E-state index contributed by atoms with van der Waals surface area (Å²) in [5.74, 6) is 1.16. The first kappa shape index (κ1) is 22.4. The number of nitrogens with zero attached hydrogens (tertiary/aromatic N) is 2. The van der Waals surface area contributed by atoms with Gasteiger partial charge < -0.3 is 15.8 Å². The zero-order chi connectivity index (χ0) is 21.7. The molecule has 3 rings (SSSR count). The topological polar surface area (TPSA) is 114 Å². The van der Waals surface area contributed by atoms with Crippen molar-refractivity contribution in [2.24, 2.45) is 5.73 Å². The second-order valence-electron chi connectivity index (χ2n) is 6.52. The zero-order valence-electron chi connectivity index (χ0n) is 16.2. The quantitative estimate of drug-likeness (QED) is 0.370. The largest absolute Gasteiger partial charge is 0.496 e. The van der Waals surface area contributed by atoms with Gasteiger partial charge in [-0.1, -0.05) is 0 Å². The molecule has 3 aromatic rings. The van der Waals surface area contributed by atoms with Crippen LogP contribution in [0.5, 0.6) is 5.75 Å². The number of rotatable bonds is 8. The van der Waals surface area contributed by atoms with Gasteiger partial charge in [0.25, 0.3) is 0 Å². The lowest BCUT2D eigenvalue weighted by atomic mass is 10.1. The van der Waals surface area contributed by atoms with E-state index in [9.17, 15) is 8.60 Å². The summed E-state index contributed by atoms with van der Waals surface area (Å²) in [5, 5.41) is 3.04. The summed E-state index contributed by atoms with van der Waals surface area (Å²) >= 11 is 2.16. The molecule has 1 aromatic carbocycles. The Labute approximate surface area is 188 Å². The molecule has 0 bridgehead atoms. The Kier molecular flexibility index (Phi) is 7.21. The Hall–Kier alpha value is -2.31. The molecule has 1 atom stereocenters. The number of halogens is 2. The van der Waals surface area contributed by atoms with E-state index in [0.29, 0.717) is 34.1 Å². The minimum Gasteiger partial charge on any atom is -0.496 e. The smallest absolute Gasteiger partial charge is 0.149 e. The Morgan fingerprint density at radius 3 is 2.70 bits per heavy atom. The predicted molar refractivity (Wildman–Crippen MR) is 125 cm³/mol. The highest BCUT2D eigenvalue weighted by molar-refractivity contribution is 14.1. The Morgan fingerprint density at radius 2 is 1.97 bits per heavy atom. The van der Waals surface area contributed by atoms with Crippen LogP contribution >= 0.6 is 22.6 Å². The van der Waals surface area contributed by atoms with E-state index in [2.05, 4.69) is 37.9 Å². The highest BCUT2D eigenvalue weighted by Gasteiger charge is 2.14. The summed E-state index contributed by atoms with van der Waals surface area (Å²) < 4.78 is 41.0. The highest BCUT2D eigenvalue weighted by atomic mass is 127. The van der Waals surface area contributed by atoms with Gasteiger partial charge >= 0.3 is 0 Å². The normalized spacial score (nSPS) is 12.9. The number of nitrogens with two attached hydrogens (primary N) is 1. The molecule has 0 spiro atoms. The van der Waals surface area contributed by atoms with E-state index >= 15 is 0 Å². The van der Waals surface area contributed by atoms with Crippen LogP contribution in [0.15, 0.2) is 48.8 Å². The maximum absolute atomic E-state index is 14.5. The van der Waals surface area contributed by atoms with E-state index in [4.69, 9.17) is 15.3 Å². The average molecular weight is 541 g/mol. The molecule has 158 valence electrons. The predicted octanol–water partition coefficient (Wildman–Crippen LogP) is 4.14. The first-order chi connectivity index (χ1) is 14.3. The van der Waals surface area contributed by atoms with Gasteiger partial charge in [0.15, 0.2) is 0 Å². The number of aromatic nitrogens is 2. The molecule has 1 unspecified atom stereocenters. The molecule has 2 heterocycles. The minimum absolute atomic E-state index is 0.0867. The van der Waals surface area contributed by atoms with Gasteiger partial charge in [0.1, 0.15) is 23.2 Å². The molecule has 7 nitrogen and oxygen atoms in total. The fraction of sp³-hybridized carbons (Fsp3) is 0.200. The Balaban J connectivity index is 1.89. The number of methoxy groups -OCH3 is 1. The molecular weight excluding hydrogens is 520 g/mol. The summed E-state index contributed by atoms with van der Waals surface area (Å²) in [5.41, 5.74) is 7.08. The molecule has 4 N–H and O–H groups in total. The summed E-state index contributed by atoms with van der Waals surface area (Å²) in [6, 6.07) is 10.5. The van der Waals surface area contributed by atoms with Crippen LogP contribution < -0.4 is 15.8 Å². The first-order valence-corrected chi connectivity index (χ1v) is 11.9. The van der Waals surface area contributed by atoms with Crippen LogP contribution in [0.4, 0.5) is 16.0 Å². The third-order valence-electron chi connectivity index (χ3n) is 4.24. The standard InChI is InChI=1S/C20H21FIN5O2S/c1-29-18-9-14(22)2-3-15(18)16-10-20(26-11-17(16)21)27-19-8-13(4-6-25-19)12-30(24,28)7-5-23/h2-4,6,8-11,24H,5,7,12,23H2,1H3,(H,25,26,27). The van der Waals surface area contributed by atoms with Gasteiger partial charge in [-0.2, -0.15) is 0 Å². The van der Waals surface area contributed by atoms with Crippen molar-refractivity contribution < 1.29 is 13.3 Å². The number of pyridine rings is 2. The van der Waals surface area contributed by atoms with Crippen LogP contribution in [0.1, 0.15) is 5.56 Å². The monoisotopic (exact) mass is 541 g/mol. The lowest BCUT2D eigenvalue weighted by molar-refractivity contribution is 0.416. The zero-order valence-corrected chi connectivity index (χ0v) is 19.2. The van der Waals surface area contributed by atoms with Gasteiger partial charge in [0.2, 0.25) is 0 Å². The molecular formula is C20H21FIN5O2S. The molecule has 0 aliphatic heterocycles. The van der Waals surface area contributed by atoms with Gasteiger partial charge in [-0.3, -0.25) is 4.78 Å². The number of nitrogens with one attached hydrogen (secondary N) is 2. The highest BCUT2D eigenvalue weighted by Crippen LogP contribution is 2.34. The van der Waals surface area contributed by atoms with Crippen molar-refractivity contribution in [3.05, 3.63) is 63.7 Å². The lowest BCUT2D eigenvalue weighted by Gasteiger charge is -2.12. The fourth-order valence-corrected chi connectivity index (χ4v) is 4.60. The van der Waals surface area contributed by atoms with Crippen LogP contribution in [0, 0.1) is 14.2 Å². The maximum Gasteiger partial charge on any atom is 0.149 e. The number of hydrogen-bond donors (Lipinski definition) is 3. The average Bonchev–Trinajstić information content (AvgIpc) is 2.69. The maximum atomic E-state index is 14.5. The Bertz CT molecular complexity index is 1160. The summed E-state index contributed by atoms with van der Waals surface area (Å²) in [4.78, 5) is 8.32. The van der Waals surface area contributed by atoms with Gasteiger partial charge in [-0.05, 0) is 64.6 Å². The molecule has 30 heavy (non-hydrogen) atoms. The van der Waals surface area contributed by atoms with Crippen LogP contribution in [0.3, 0.4) is 0 Å². The van der Waals surface area contributed by atoms with Crippen LogP contribution in [0.25, 0.3) is 11.1 Å². The van der Waals surface area contributed by atoms with Crippen molar-refractivity contribution in [3.8, 4) is 16.9 Å². The van der Waals surface area contributed by atoms with Crippen molar-refractivity contribution in [1.82, 2.24) is 9.97 Å². The van der Waals surface area contributed by atoms with E-state index in [1.165, 1.54) is 7.11 Å². The van der Waals surface area contributed by atoms with Crippen molar-refractivity contribution in [1.29, 1.82) is 4.78 Å². The van der Waals surface area contributed by atoms with Crippen molar-refractivity contribution in [2.75, 3.05) is 24.7 Å². The minimum atomic E-state index is -2.79. The molecule has 0 fully saturated rings. The van der Waals surface area contributed by atoms with Crippen molar-refractivity contribution >= 4 is 44.0 Å². The van der Waals surface area contributed by atoms with E-state index in [1.54, 1.807) is 30.5 Å². The molecule has 0 amide bonds. The van der Waals surface area contributed by atoms with Gasteiger partial charge in [-0.25, -0.2) is 18.6 Å². The molecule has 0 saturated carbocycles. The second-order valence-corrected chi connectivity index (χ2v) is 10.1. The number of ether oxygens (including phenoxy) is 1. The van der Waals surface area contributed by atoms with Crippen molar-refractivity contribution in [3.63, 3.8) is 0 Å². The number of anilines is 2. The van der Waals surface area contributed by atoms with E-state index in [1.807, 2.05) is 12.1 Å². The summed E-state index contributed by atoms with van der Waals surface area (Å²) in [7, 11) is -1.25. The lowest BCUT2D eigenvalue weighted by Crippen LogP contribution is -2.16. The SMILES string of the molecule is COc1cc(I)ccc1-c1cc(Nc2cc(CS(=N)(=O)CCN)ccn2)ncc1F. The van der Waals surface area contributed by atoms with E-state index < -0.39 is 15.5 Å². The van der Waals surface area contributed by atoms with Crippen molar-refractivity contribution in [2.45, 2.75) is 5.75 Å². The third-order valence-corrected chi connectivity index (χ3v) is 6.60. The summed E-state index contributed by atoms with van der Waals surface area (Å²) in [6.07, 6.45) is 2.69. The van der Waals surface area contributed by atoms with Gasteiger partial charge in [0, 0.05) is 42.9 Å². The summed E-state index contributed by atoms with van der Waals surface area (Å²) in [6.45, 7) is 0.197. The number of benzene rings is 1. The van der Waals surface area contributed by atoms with Crippen LogP contribution in [-0.2, 0) is 15.5 Å². The molecule has 0 aliphatic rings. The van der Waals surface area contributed by atoms with E-state index in [-0.39, 0.29) is 18.1 Å². The molecule has 2 aromatic heterocycles. The molecule has 0 radical (unpaired) electrons. The molecule has 0 aliphatic carbocycles. The Morgan fingerprint density at radius 1 is 1.20 bits per heavy atom. The van der Waals surface area contributed by atoms with Crippen LogP contribution in [0.2, 0.25) is 0 Å². The first-order valence-electron chi connectivity index (χ1n) is 8.97. The third kappa shape index (κ3) is 5.64. The second kappa shape index (κ2) is 9.67. The molecule has 10 heteroatoms. The van der Waals surface area contributed by atoms with Crippen LogP contribution in [-0.4, -0.2) is 33.6 Å². The number of hydrogen-bond acceptors (Lipinski definition) is 7.